The van der Waals surface area contributed by atoms with Crippen LogP contribution >= 0.6 is 11.3 Å². The van der Waals surface area contributed by atoms with E-state index in [0.29, 0.717) is 0 Å². The molecule has 0 amide bonds. The van der Waals surface area contributed by atoms with Crippen molar-refractivity contribution in [3.63, 3.8) is 0 Å². The number of aryl methyl sites for hydroxylation is 1. The second kappa shape index (κ2) is 3.21. The monoisotopic (exact) mass is 215 g/mol. The number of thiazole rings is 1. The second-order valence-electron chi connectivity index (χ2n) is 3.42. The standard InChI is InChI=1S/C12H9NOS/c1-8-6-13-12(15-8)10-7-14-11-5-3-2-4-9(10)11/h2-7H,1H3. The summed E-state index contributed by atoms with van der Waals surface area (Å²) in [5.74, 6) is 0. The predicted molar refractivity (Wildman–Crippen MR) is 62.1 cm³/mol. The summed E-state index contributed by atoms with van der Waals surface area (Å²) in [6.07, 6.45) is 3.67. The summed E-state index contributed by atoms with van der Waals surface area (Å²) in [6.45, 7) is 2.06. The van der Waals surface area contributed by atoms with E-state index in [1.54, 1.807) is 17.6 Å². The summed E-state index contributed by atoms with van der Waals surface area (Å²) in [5, 5.41) is 2.16. The molecule has 0 aliphatic carbocycles. The van der Waals surface area contributed by atoms with Crippen LogP contribution in [0.1, 0.15) is 4.88 Å². The minimum absolute atomic E-state index is 0.917. The predicted octanol–water partition coefficient (Wildman–Crippen LogP) is 3.86. The molecule has 74 valence electrons. The summed E-state index contributed by atoms with van der Waals surface area (Å²) in [6, 6.07) is 8.02. The van der Waals surface area contributed by atoms with Gasteiger partial charge in [-0.05, 0) is 13.0 Å². The number of rotatable bonds is 1. The van der Waals surface area contributed by atoms with Crippen molar-refractivity contribution in [2.24, 2.45) is 0 Å². The summed E-state index contributed by atoms with van der Waals surface area (Å²) in [7, 11) is 0. The first-order valence-electron chi connectivity index (χ1n) is 4.73. The van der Waals surface area contributed by atoms with Crippen molar-refractivity contribution in [2.75, 3.05) is 0 Å². The van der Waals surface area contributed by atoms with Gasteiger partial charge in [-0.15, -0.1) is 11.3 Å². The largest absolute Gasteiger partial charge is 0.464 e. The van der Waals surface area contributed by atoms with Crippen LogP contribution in [0.3, 0.4) is 0 Å². The first-order chi connectivity index (χ1) is 7.34. The fourth-order valence-corrected chi connectivity index (χ4v) is 2.41. The van der Waals surface area contributed by atoms with Gasteiger partial charge in [-0.2, -0.15) is 0 Å². The van der Waals surface area contributed by atoms with Gasteiger partial charge in [-0.25, -0.2) is 4.98 Å². The zero-order valence-electron chi connectivity index (χ0n) is 8.23. The van der Waals surface area contributed by atoms with Crippen molar-refractivity contribution in [2.45, 2.75) is 6.92 Å². The second-order valence-corrected chi connectivity index (χ2v) is 4.66. The molecule has 3 aromatic rings. The highest BCUT2D eigenvalue weighted by atomic mass is 32.1. The van der Waals surface area contributed by atoms with Crippen LogP contribution in [-0.4, -0.2) is 4.98 Å². The average molecular weight is 215 g/mol. The Labute approximate surface area is 91.2 Å². The summed E-state index contributed by atoms with van der Waals surface area (Å²) in [4.78, 5) is 5.58. The molecule has 2 heterocycles. The highest BCUT2D eigenvalue weighted by molar-refractivity contribution is 7.15. The molecule has 2 nitrogen and oxygen atoms in total. The highest BCUT2D eigenvalue weighted by Crippen LogP contribution is 2.32. The van der Waals surface area contributed by atoms with Gasteiger partial charge < -0.3 is 4.42 Å². The van der Waals surface area contributed by atoms with Gasteiger partial charge in [-0.3, -0.25) is 0 Å². The van der Waals surface area contributed by atoms with Crippen LogP contribution in [0.25, 0.3) is 21.5 Å². The van der Waals surface area contributed by atoms with Gasteiger partial charge in [0, 0.05) is 16.5 Å². The third-order valence-corrected chi connectivity index (χ3v) is 3.28. The van der Waals surface area contributed by atoms with E-state index in [1.165, 1.54) is 4.88 Å². The third kappa shape index (κ3) is 1.36. The van der Waals surface area contributed by atoms with Crippen LogP contribution < -0.4 is 0 Å². The Morgan fingerprint density at radius 3 is 2.93 bits per heavy atom. The van der Waals surface area contributed by atoms with Crippen LogP contribution in [0.4, 0.5) is 0 Å². The molecule has 0 N–H and O–H groups in total. The van der Waals surface area contributed by atoms with Gasteiger partial charge in [0.05, 0.1) is 5.56 Å². The molecule has 15 heavy (non-hydrogen) atoms. The molecule has 0 fully saturated rings. The van der Waals surface area contributed by atoms with Gasteiger partial charge in [0.15, 0.2) is 0 Å². The molecule has 0 aliphatic heterocycles. The number of fused-ring (bicyclic) bond motifs is 1. The van der Waals surface area contributed by atoms with E-state index in [2.05, 4.69) is 18.0 Å². The van der Waals surface area contributed by atoms with Crippen LogP contribution in [0.15, 0.2) is 41.1 Å². The van der Waals surface area contributed by atoms with Crippen molar-refractivity contribution in [3.8, 4) is 10.6 Å². The molecule has 0 bridgehead atoms. The van der Waals surface area contributed by atoms with Gasteiger partial charge in [0.1, 0.15) is 16.9 Å². The Kier molecular flexibility index (Phi) is 1.86. The molecule has 3 heteroatoms. The Balaban J connectivity index is 2.27. The highest BCUT2D eigenvalue weighted by Gasteiger charge is 2.09. The number of benzene rings is 1. The Morgan fingerprint density at radius 2 is 2.13 bits per heavy atom. The number of nitrogens with zero attached hydrogens (tertiary/aromatic N) is 1. The molecule has 2 aromatic heterocycles. The molecule has 0 aliphatic rings. The first-order valence-corrected chi connectivity index (χ1v) is 5.55. The first kappa shape index (κ1) is 8.68. The minimum Gasteiger partial charge on any atom is -0.464 e. The van der Waals surface area contributed by atoms with Gasteiger partial charge in [0.25, 0.3) is 0 Å². The van der Waals surface area contributed by atoms with E-state index in [-0.39, 0.29) is 0 Å². The molecule has 0 radical (unpaired) electrons. The van der Waals surface area contributed by atoms with E-state index in [9.17, 15) is 0 Å². The number of hydrogen-bond donors (Lipinski definition) is 0. The van der Waals surface area contributed by atoms with Crippen LogP contribution in [0.5, 0.6) is 0 Å². The molecule has 0 atom stereocenters. The zero-order valence-corrected chi connectivity index (χ0v) is 9.04. The summed E-state index contributed by atoms with van der Waals surface area (Å²) < 4.78 is 5.48. The molecular weight excluding hydrogens is 206 g/mol. The van der Waals surface area contributed by atoms with Crippen molar-refractivity contribution < 1.29 is 4.42 Å². The fraction of sp³-hybridized carbons (Fsp3) is 0.0833. The molecular formula is C12H9NOS. The topological polar surface area (TPSA) is 26.0 Å². The maximum Gasteiger partial charge on any atom is 0.134 e. The van der Waals surface area contributed by atoms with Crippen LogP contribution in [0, 0.1) is 6.92 Å². The van der Waals surface area contributed by atoms with Gasteiger partial charge in [0.2, 0.25) is 0 Å². The molecule has 0 saturated carbocycles. The van der Waals surface area contributed by atoms with Crippen molar-refractivity contribution in [1.82, 2.24) is 4.98 Å². The lowest BCUT2D eigenvalue weighted by Gasteiger charge is -1.90. The molecule has 0 spiro atoms. The van der Waals surface area contributed by atoms with E-state index in [4.69, 9.17) is 4.42 Å². The number of hydrogen-bond acceptors (Lipinski definition) is 3. The smallest absolute Gasteiger partial charge is 0.134 e. The lowest BCUT2D eigenvalue weighted by Crippen LogP contribution is -1.70. The number of para-hydroxylation sites is 1. The lowest BCUT2D eigenvalue weighted by atomic mass is 10.2. The van der Waals surface area contributed by atoms with Crippen LogP contribution in [0.2, 0.25) is 0 Å². The Morgan fingerprint density at radius 1 is 1.27 bits per heavy atom. The third-order valence-electron chi connectivity index (χ3n) is 2.33. The maximum absolute atomic E-state index is 5.48. The Hall–Kier alpha value is -1.61. The van der Waals surface area contributed by atoms with E-state index < -0.39 is 0 Å². The SMILES string of the molecule is Cc1cnc(-c2coc3ccccc23)s1. The molecule has 0 saturated heterocycles. The zero-order chi connectivity index (χ0) is 10.3. The number of furan rings is 1. The van der Waals surface area contributed by atoms with Crippen molar-refractivity contribution >= 4 is 22.3 Å². The molecule has 1 aromatic carbocycles. The van der Waals surface area contributed by atoms with E-state index in [1.807, 2.05) is 24.4 Å². The fourth-order valence-electron chi connectivity index (χ4n) is 1.62. The average Bonchev–Trinajstić information content (AvgIpc) is 2.83. The van der Waals surface area contributed by atoms with Crippen LogP contribution in [-0.2, 0) is 0 Å². The van der Waals surface area contributed by atoms with E-state index in [0.717, 1.165) is 21.5 Å². The van der Waals surface area contributed by atoms with Crippen molar-refractivity contribution in [1.29, 1.82) is 0 Å². The quantitative estimate of drug-likeness (QED) is 0.616. The molecule has 0 unspecified atom stereocenters. The Bertz CT molecular complexity index is 609. The number of aromatic nitrogens is 1. The van der Waals surface area contributed by atoms with Gasteiger partial charge >= 0.3 is 0 Å². The van der Waals surface area contributed by atoms with Gasteiger partial charge in [-0.1, -0.05) is 18.2 Å². The minimum atomic E-state index is 0.917. The lowest BCUT2D eigenvalue weighted by molar-refractivity contribution is 0.617. The normalized spacial score (nSPS) is 11.0. The molecule has 3 rings (SSSR count). The van der Waals surface area contributed by atoms with E-state index >= 15 is 0 Å². The van der Waals surface area contributed by atoms with Crippen molar-refractivity contribution in [3.05, 3.63) is 41.6 Å². The summed E-state index contributed by atoms with van der Waals surface area (Å²) >= 11 is 1.69. The summed E-state index contributed by atoms with van der Waals surface area (Å²) in [5.41, 5.74) is 2.00. The maximum atomic E-state index is 5.48.